The number of ether oxygens (including phenoxy) is 1. The molecule has 6 nitrogen and oxygen atoms in total. The number of tetrazole rings is 1. The van der Waals surface area contributed by atoms with Crippen molar-refractivity contribution < 1.29 is 4.74 Å². The van der Waals surface area contributed by atoms with Gasteiger partial charge in [-0.05, 0) is 49.2 Å². The molecule has 6 heteroatoms. The molecule has 2 aromatic rings. The highest BCUT2D eigenvalue weighted by atomic mass is 16.5. The lowest BCUT2D eigenvalue weighted by Gasteiger charge is -2.23. The lowest BCUT2D eigenvalue weighted by atomic mass is 10.1. The highest BCUT2D eigenvalue weighted by Crippen LogP contribution is 2.19. The van der Waals surface area contributed by atoms with E-state index in [2.05, 4.69) is 34.7 Å². The summed E-state index contributed by atoms with van der Waals surface area (Å²) in [6.07, 6.45) is 2.55. The van der Waals surface area contributed by atoms with Crippen LogP contribution in [0.25, 0.3) is 5.69 Å². The normalized spacial score (nSPS) is 21.3. The van der Waals surface area contributed by atoms with E-state index in [9.17, 15) is 0 Å². The summed E-state index contributed by atoms with van der Waals surface area (Å²) in [5.74, 6) is 0.811. The van der Waals surface area contributed by atoms with Crippen molar-refractivity contribution in [1.29, 1.82) is 0 Å². The van der Waals surface area contributed by atoms with Crippen LogP contribution in [0.5, 0.6) is 0 Å². The van der Waals surface area contributed by atoms with Gasteiger partial charge in [0, 0.05) is 12.6 Å². The monoisotopic (exact) mass is 287 g/mol. The highest BCUT2D eigenvalue weighted by molar-refractivity contribution is 5.30. The van der Waals surface area contributed by atoms with Crippen molar-refractivity contribution in [3.05, 3.63) is 36.2 Å². The molecule has 1 aromatic carbocycles. The van der Waals surface area contributed by atoms with Crippen LogP contribution in [0.4, 0.5) is 0 Å². The molecule has 0 bridgehead atoms. The second-order valence-corrected chi connectivity index (χ2v) is 5.51. The van der Waals surface area contributed by atoms with E-state index in [1.54, 1.807) is 4.68 Å². The van der Waals surface area contributed by atoms with Gasteiger partial charge in [0.2, 0.25) is 0 Å². The van der Waals surface area contributed by atoms with Crippen LogP contribution < -0.4 is 5.32 Å². The van der Waals surface area contributed by atoms with Crippen molar-refractivity contribution in [1.82, 2.24) is 25.5 Å². The molecule has 3 rings (SSSR count). The Labute approximate surface area is 124 Å². The van der Waals surface area contributed by atoms with Gasteiger partial charge in [0.05, 0.1) is 17.8 Å². The van der Waals surface area contributed by atoms with Crippen LogP contribution in [0.3, 0.4) is 0 Å². The maximum absolute atomic E-state index is 5.73. The summed E-state index contributed by atoms with van der Waals surface area (Å²) in [5, 5.41) is 15.6. The van der Waals surface area contributed by atoms with Gasteiger partial charge in [0.15, 0.2) is 5.82 Å². The van der Waals surface area contributed by atoms with Crippen molar-refractivity contribution in [2.75, 3.05) is 6.61 Å². The van der Waals surface area contributed by atoms with Crippen molar-refractivity contribution in [2.24, 2.45) is 0 Å². The lowest BCUT2D eigenvalue weighted by molar-refractivity contribution is 0.0799. The smallest absolute Gasteiger partial charge is 0.173 e. The topological polar surface area (TPSA) is 64.9 Å². The Kier molecular flexibility index (Phi) is 4.26. The van der Waals surface area contributed by atoms with Gasteiger partial charge in [0.25, 0.3) is 0 Å². The van der Waals surface area contributed by atoms with E-state index in [-0.39, 0.29) is 18.2 Å². The first-order chi connectivity index (χ1) is 10.3. The number of nitrogens with one attached hydrogen (secondary N) is 1. The molecule has 1 saturated heterocycles. The molecule has 1 N–H and O–H groups in total. The number of aromatic nitrogens is 4. The molecule has 21 heavy (non-hydrogen) atoms. The quantitative estimate of drug-likeness (QED) is 0.909. The average molecular weight is 287 g/mol. The molecule has 1 fully saturated rings. The summed E-state index contributed by atoms with van der Waals surface area (Å²) < 4.78 is 7.50. The van der Waals surface area contributed by atoms with E-state index in [0.29, 0.717) is 0 Å². The zero-order valence-corrected chi connectivity index (χ0v) is 12.4. The van der Waals surface area contributed by atoms with Crippen LogP contribution in [0.2, 0.25) is 0 Å². The fourth-order valence-electron chi connectivity index (χ4n) is 2.79. The summed E-state index contributed by atoms with van der Waals surface area (Å²) in [7, 11) is 0. The van der Waals surface area contributed by atoms with Crippen LogP contribution in [-0.2, 0) is 4.74 Å². The van der Waals surface area contributed by atoms with Crippen molar-refractivity contribution >= 4 is 0 Å². The summed E-state index contributed by atoms with van der Waals surface area (Å²) in [4.78, 5) is 0. The second-order valence-electron chi connectivity index (χ2n) is 5.51. The molecule has 1 aliphatic rings. The van der Waals surface area contributed by atoms with Crippen LogP contribution in [-0.4, -0.2) is 39.0 Å². The van der Waals surface area contributed by atoms with Gasteiger partial charge in [-0.1, -0.05) is 18.2 Å². The van der Waals surface area contributed by atoms with Gasteiger partial charge >= 0.3 is 0 Å². The first-order valence-corrected chi connectivity index (χ1v) is 7.47. The second kappa shape index (κ2) is 6.32. The van der Waals surface area contributed by atoms with E-state index in [1.807, 2.05) is 30.3 Å². The summed E-state index contributed by atoms with van der Waals surface area (Å²) in [6.45, 7) is 5.10. The SMILES string of the molecule is C[C@H](N[C@H](C)[C@@H]1CCCO1)c1nnnn1-c1ccccc1. The maximum Gasteiger partial charge on any atom is 0.173 e. The van der Waals surface area contributed by atoms with Gasteiger partial charge in [-0.15, -0.1) is 5.10 Å². The number of para-hydroxylation sites is 1. The molecule has 1 aliphatic heterocycles. The first kappa shape index (κ1) is 14.2. The Morgan fingerprint density at radius 1 is 1.29 bits per heavy atom. The van der Waals surface area contributed by atoms with Crippen LogP contribution >= 0.6 is 0 Å². The van der Waals surface area contributed by atoms with Crippen LogP contribution in [0.15, 0.2) is 30.3 Å². The molecule has 0 radical (unpaired) electrons. The molecule has 0 amide bonds. The molecule has 1 aromatic heterocycles. The highest BCUT2D eigenvalue weighted by Gasteiger charge is 2.25. The minimum absolute atomic E-state index is 0.0550. The van der Waals surface area contributed by atoms with Crippen molar-refractivity contribution in [2.45, 2.75) is 44.9 Å². The van der Waals surface area contributed by atoms with Gasteiger partial charge in [-0.3, -0.25) is 0 Å². The Bertz CT molecular complexity index is 564. The van der Waals surface area contributed by atoms with E-state index in [1.165, 1.54) is 0 Å². The molecule has 2 heterocycles. The lowest BCUT2D eigenvalue weighted by Crippen LogP contribution is -2.39. The molecule has 0 unspecified atom stereocenters. The zero-order valence-electron chi connectivity index (χ0n) is 12.4. The third-order valence-electron chi connectivity index (χ3n) is 3.92. The molecular weight excluding hydrogens is 266 g/mol. The van der Waals surface area contributed by atoms with Gasteiger partial charge in [-0.25, -0.2) is 0 Å². The molecule has 0 aliphatic carbocycles. The summed E-state index contributed by atoms with van der Waals surface area (Å²) in [6, 6.07) is 10.3. The first-order valence-electron chi connectivity index (χ1n) is 7.47. The molecule has 0 spiro atoms. The summed E-state index contributed by atoms with van der Waals surface area (Å²) in [5.41, 5.74) is 0.968. The molecule has 3 atom stereocenters. The summed E-state index contributed by atoms with van der Waals surface area (Å²) >= 11 is 0. The molecular formula is C15H21N5O. The predicted octanol–water partition coefficient (Wildman–Crippen LogP) is 1.88. The fraction of sp³-hybridized carbons (Fsp3) is 0.533. The van der Waals surface area contributed by atoms with Crippen molar-refractivity contribution in [3.63, 3.8) is 0 Å². The fourth-order valence-corrected chi connectivity index (χ4v) is 2.79. The predicted molar refractivity (Wildman–Crippen MR) is 79.1 cm³/mol. The van der Waals surface area contributed by atoms with E-state index in [0.717, 1.165) is 31.0 Å². The zero-order chi connectivity index (χ0) is 14.7. The standard InChI is InChI=1S/C15H21N5O/c1-11(14-9-6-10-21-14)16-12(2)15-17-18-19-20(15)13-7-4-3-5-8-13/h3-5,7-8,11-12,14,16H,6,9-10H2,1-2H3/t11-,12+,14+/m1/s1. The van der Waals surface area contributed by atoms with Gasteiger partial charge in [-0.2, -0.15) is 4.68 Å². The van der Waals surface area contributed by atoms with Crippen LogP contribution in [0, 0.1) is 0 Å². The van der Waals surface area contributed by atoms with Crippen LogP contribution in [0.1, 0.15) is 38.6 Å². The van der Waals surface area contributed by atoms with Gasteiger partial charge < -0.3 is 10.1 Å². The third kappa shape index (κ3) is 3.11. The van der Waals surface area contributed by atoms with E-state index in [4.69, 9.17) is 4.74 Å². The minimum atomic E-state index is 0.0550. The number of benzene rings is 1. The van der Waals surface area contributed by atoms with E-state index < -0.39 is 0 Å². The third-order valence-corrected chi connectivity index (χ3v) is 3.92. The van der Waals surface area contributed by atoms with E-state index >= 15 is 0 Å². The Balaban J connectivity index is 1.73. The average Bonchev–Trinajstić information content (AvgIpc) is 3.19. The Hall–Kier alpha value is -1.79. The number of hydrogen-bond donors (Lipinski definition) is 1. The van der Waals surface area contributed by atoms with Gasteiger partial charge in [0.1, 0.15) is 0 Å². The Morgan fingerprint density at radius 2 is 2.10 bits per heavy atom. The largest absolute Gasteiger partial charge is 0.377 e. The van der Waals surface area contributed by atoms with Crippen molar-refractivity contribution in [3.8, 4) is 5.69 Å². The number of rotatable bonds is 5. The Morgan fingerprint density at radius 3 is 2.81 bits per heavy atom. The minimum Gasteiger partial charge on any atom is -0.377 e. The number of hydrogen-bond acceptors (Lipinski definition) is 5. The number of nitrogens with zero attached hydrogens (tertiary/aromatic N) is 4. The maximum atomic E-state index is 5.73. The molecule has 0 saturated carbocycles. The molecule has 112 valence electrons.